The second kappa shape index (κ2) is 10.2. The van der Waals surface area contributed by atoms with Crippen molar-refractivity contribution >= 4 is 23.3 Å². The Morgan fingerprint density at radius 2 is 2.16 bits per heavy atom. The Labute approximate surface area is 192 Å². The Morgan fingerprint density at radius 1 is 1.38 bits per heavy atom. The van der Waals surface area contributed by atoms with Crippen LogP contribution >= 0.6 is 11.3 Å². The van der Waals surface area contributed by atoms with Gasteiger partial charge in [0.2, 0.25) is 5.91 Å². The number of hydrogen-bond donors (Lipinski definition) is 1. The lowest BCUT2D eigenvalue weighted by atomic mass is 10.0. The second-order valence-corrected chi connectivity index (χ2v) is 9.77. The predicted octanol–water partition coefficient (Wildman–Crippen LogP) is 4.39. The Hall–Kier alpha value is -2.87. The fraction of sp³-hybridized carbons (Fsp3) is 0.417. The summed E-state index contributed by atoms with van der Waals surface area (Å²) >= 11 is 1.66. The van der Waals surface area contributed by atoms with Crippen LogP contribution in [-0.2, 0) is 11.2 Å². The molecule has 1 aliphatic rings. The number of rotatable bonds is 7. The highest BCUT2D eigenvalue weighted by Crippen LogP contribution is 2.34. The van der Waals surface area contributed by atoms with E-state index in [1.54, 1.807) is 34.4 Å². The highest BCUT2D eigenvalue weighted by Gasteiger charge is 2.33. The molecule has 1 atom stereocenters. The molecule has 0 fully saturated rings. The minimum Gasteiger partial charge on any atom is -0.491 e. The average molecular weight is 460 g/mol. The van der Waals surface area contributed by atoms with Gasteiger partial charge in [0.15, 0.2) is 0 Å². The van der Waals surface area contributed by atoms with E-state index in [2.05, 4.69) is 11.9 Å². The molecule has 172 valence electrons. The molecule has 1 aromatic heterocycles. The number of amides is 3. The van der Waals surface area contributed by atoms with E-state index in [9.17, 15) is 14.0 Å². The third-order valence-corrected chi connectivity index (χ3v) is 6.06. The van der Waals surface area contributed by atoms with E-state index in [0.29, 0.717) is 12.3 Å². The first kappa shape index (κ1) is 23.8. The lowest BCUT2D eigenvalue weighted by molar-refractivity contribution is -0.135. The minimum atomic E-state index is -0.419. The molecule has 0 aliphatic carbocycles. The van der Waals surface area contributed by atoms with Gasteiger partial charge >= 0.3 is 6.03 Å². The summed E-state index contributed by atoms with van der Waals surface area (Å²) in [6.07, 6.45) is 2.36. The van der Waals surface area contributed by atoms with Crippen molar-refractivity contribution in [2.24, 2.45) is 0 Å². The number of hydrogen-bond acceptors (Lipinski definition) is 4. The topological polar surface area (TPSA) is 61.9 Å². The van der Waals surface area contributed by atoms with Crippen LogP contribution in [0.5, 0.6) is 5.75 Å². The van der Waals surface area contributed by atoms with Crippen molar-refractivity contribution in [3.63, 3.8) is 0 Å². The first-order valence-corrected chi connectivity index (χ1v) is 11.5. The monoisotopic (exact) mass is 459 g/mol. The van der Waals surface area contributed by atoms with Gasteiger partial charge in [0.1, 0.15) is 24.7 Å². The number of benzene rings is 1. The third kappa shape index (κ3) is 6.09. The number of urea groups is 1. The third-order valence-electron chi connectivity index (χ3n) is 5.06. The summed E-state index contributed by atoms with van der Waals surface area (Å²) in [6, 6.07) is 7.35. The number of carbonyl (C=O) groups is 2. The van der Waals surface area contributed by atoms with Gasteiger partial charge in [0.25, 0.3) is 0 Å². The fourth-order valence-corrected chi connectivity index (χ4v) is 4.56. The number of halogens is 1. The van der Waals surface area contributed by atoms with Crippen LogP contribution in [-0.4, -0.2) is 53.5 Å². The first-order chi connectivity index (χ1) is 15.2. The summed E-state index contributed by atoms with van der Waals surface area (Å²) in [5.74, 6) is -0.126. The maximum atomic E-state index is 13.5. The van der Waals surface area contributed by atoms with Gasteiger partial charge in [0.05, 0.1) is 6.04 Å². The van der Waals surface area contributed by atoms with Crippen molar-refractivity contribution < 1.29 is 18.7 Å². The molecule has 1 N–H and O–H groups in total. The molecule has 0 unspecified atom stereocenters. The lowest BCUT2D eigenvalue weighted by Gasteiger charge is -2.37. The number of nitrogens with one attached hydrogen (secondary N) is 1. The van der Waals surface area contributed by atoms with Crippen LogP contribution in [0.4, 0.5) is 9.18 Å². The normalized spacial score (nSPS) is 15.6. The molecular weight excluding hydrogens is 429 g/mol. The van der Waals surface area contributed by atoms with Crippen molar-refractivity contribution in [1.29, 1.82) is 0 Å². The highest BCUT2D eigenvalue weighted by atomic mass is 32.1. The van der Waals surface area contributed by atoms with Gasteiger partial charge in [0, 0.05) is 29.6 Å². The van der Waals surface area contributed by atoms with Crippen molar-refractivity contribution in [2.75, 3.05) is 26.2 Å². The largest absolute Gasteiger partial charge is 0.491 e. The summed E-state index contributed by atoms with van der Waals surface area (Å²) in [7, 11) is 0. The maximum absolute atomic E-state index is 13.5. The zero-order chi connectivity index (χ0) is 23.3. The highest BCUT2D eigenvalue weighted by molar-refractivity contribution is 7.10. The Kier molecular flexibility index (Phi) is 7.56. The molecule has 0 saturated carbocycles. The number of fused-ring (bicyclic) bond motifs is 1. The SMILES string of the molecule is C=CCN(CC(=O)N1CCc2sccc2[C@H]1COc1cccc(F)c1)C(=O)NC(C)(C)C. The Balaban J connectivity index is 1.76. The number of thiophene rings is 1. The van der Waals surface area contributed by atoms with E-state index >= 15 is 0 Å². The Morgan fingerprint density at radius 3 is 2.84 bits per heavy atom. The van der Waals surface area contributed by atoms with Gasteiger partial charge in [-0.3, -0.25) is 4.79 Å². The molecule has 0 radical (unpaired) electrons. The molecule has 2 heterocycles. The molecule has 0 bridgehead atoms. The summed E-state index contributed by atoms with van der Waals surface area (Å²) in [5, 5.41) is 4.91. The molecule has 32 heavy (non-hydrogen) atoms. The molecule has 0 saturated heterocycles. The first-order valence-electron chi connectivity index (χ1n) is 10.6. The van der Waals surface area contributed by atoms with E-state index in [-0.39, 0.29) is 43.5 Å². The predicted molar refractivity (Wildman–Crippen MR) is 124 cm³/mol. The fourth-order valence-electron chi connectivity index (χ4n) is 3.64. The summed E-state index contributed by atoms with van der Waals surface area (Å²) in [5.41, 5.74) is 0.623. The number of carbonyl (C=O) groups excluding carboxylic acids is 2. The number of nitrogens with zero attached hydrogens (tertiary/aromatic N) is 2. The van der Waals surface area contributed by atoms with E-state index < -0.39 is 5.54 Å². The summed E-state index contributed by atoms with van der Waals surface area (Å²) < 4.78 is 19.4. The van der Waals surface area contributed by atoms with Crippen molar-refractivity contribution in [3.05, 3.63) is 64.6 Å². The quantitative estimate of drug-likeness (QED) is 0.625. The smallest absolute Gasteiger partial charge is 0.318 e. The molecule has 0 spiro atoms. The molecule has 1 aliphatic heterocycles. The van der Waals surface area contributed by atoms with Gasteiger partial charge in [-0.1, -0.05) is 12.1 Å². The van der Waals surface area contributed by atoms with Gasteiger partial charge < -0.3 is 19.9 Å². The van der Waals surface area contributed by atoms with E-state index in [1.807, 2.05) is 32.2 Å². The zero-order valence-corrected chi connectivity index (χ0v) is 19.6. The maximum Gasteiger partial charge on any atom is 0.318 e. The molecule has 3 rings (SSSR count). The molecule has 8 heteroatoms. The average Bonchev–Trinajstić information content (AvgIpc) is 3.19. The zero-order valence-electron chi connectivity index (χ0n) is 18.8. The molecule has 3 amide bonds. The van der Waals surface area contributed by atoms with Crippen LogP contribution < -0.4 is 10.1 Å². The Bertz CT molecular complexity index is 969. The van der Waals surface area contributed by atoms with Gasteiger partial charge in [-0.2, -0.15) is 0 Å². The molecule has 6 nitrogen and oxygen atoms in total. The van der Waals surface area contributed by atoms with Gasteiger partial charge in [-0.25, -0.2) is 9.18 Å². The molecule has 2 aromatic rings. The molecular formula is C24H30FN3O3S. The van der Waals surface area contributed by atoms with Crippen LogP contribution in [0.15, 0.2) is 48.4 Å². The molecule has 1 aromatic carbocycles. The van der Waals surface area contributed by atoms with Crippen molar-refractivity contribution in [1.82, 2.24) is 15.1 Å². The van der Waals surface area contributed by atoms with Crippen LogP contribution in [0, 0.1) is 5.82 Å². The van der Waals surface area contributed by atoms with Crippen LogP contribution in [0.2, 0.25) is 0 Å². The lowest BCUT2D eigenvalue weighted by Crippen LogP contribution is -2.53. The minimum absolute atomic E-state index is 0.0656. The van der Waals surface area contributed by atoms with E-state index in [4.69, 9.17) is 4.74 Å². The van der Waals surface area contributed by atoms with Crippen molar-refractivity contribution in [3.8, 4) is 5.75 Å². The van der Waals surface area contributed by atoms with E-state index in [1.165, 1.54) is 21.9 Å². The summed E-state index contributed by atoms with van der Waals surface area (Å²) in [4.78, 5) is 30.4. The second-order valence-electron chi connectivity index (χ2n) is 8.77. The van der Waals surface area contributed by atoms with Crippen LogP contribution in [0.25, 0.3) is 0 Å². The summed E-state index contributed by atoms with van der Waals surface area (Å²) in [6.45, 7) is 10.3. The van der Waals surface area contributed by atoms with Gasteiger partial charge in [-0.05, 0) is 56.3 Å². The van der Waals surface area contributed by atoms with Gasteiger partial charge in [-0.15, -0.1) is 17.9 Å². The van der Waals surface area contributed by atoms with Crippen molar-refractivity contribution in [2.45, 2.75) is 38.8 Å². The van der Waals surface area contributed by atoms with E-state index in [0.717, 1.165) is 12.0 Å². The van der Waals surface area contributed by atoms with Crippen LogP contribution in [0.1, 0.15) is 37.3 Å². The standard InChI is InChI=1S/C24H30FN3O3S/c1-5-11-27(23(30)26-24(2,3)4)15-22(29)28-12-9-21-19(10-13-32-21)20(28)16-31-18-8-6-7-17(25)14-18/h5-8,10,13-14,20H,1,9,11-12,15-16H2,2-4H3,(H,26,30)/t20-/m1/s1. The van der Waals surface area contributed by atoms with Crippen LogP contribution in [0.3, 0.4) is 0 Å². The number of ether oxygens (including phenoxy) is 1.